The smallest absolute Gasteiger partial charge is 0.119 e. The quantitative estimate of drug-likeness (QED) is 0.330. The number of benzene rings is 3. The Morgan fingerprint density at radius 2 is 1.42 bits per heavy atom. The fraction of sp³-hybridized carbons (Fsp3) is 0.333. The third kappa shape index (κ3) is 6.27. The average Bonchev–Trinajstić information content (AvgIpc) is 3.37. The molecule has 0 aromatic heterocycles. The molecule has 0 bridgehead atoms. The van der Waals surface area contributed by atoms with Crippen LogP contribution < -0.4 is 4.74 Å². The maximum absolute atomic E-state index is 9.84. The molecule has 0 aliphatic heterocycles. The molecule has 0 heterocycles. The van der Waals surface area contributed by atoms with Gasteiger partial charge in [0.05, 0.1) is 6.61 Å². The number of hydrogen-bond donors (Lipinski definition) is 2. The highest BCUT2D eigenvalue weighted by Gasteiger charge is 2.16. The Kier molecular flexibility index (Phi) is 8.21. The second-order valence-corrected chi connectivity index (χ2v) is 8.91. The second-order valence-electron chi connectivity index (χ2n) is 8.91. The highest BCUT2D eigenvalue weighted by molar-refractivity contribution is 5.98. The van der Waals surface area contributed by atoms with Crippen LogP contribution in [0.25, 0.3) is 11.1 Å². The van der Waals surface area contributed by atoms with Gasteiger partial charge in [0.2, 0.25) is 0 Å². The second kappa shape index (κ2) is 11.7. The summed E-state index contributed by atoms with van der Waals surface area (Å²) in [5.74, 6) is 1.98. The molecule has 1 aliphatic carbocycles. The van der Waals surface area contributed by atoms with Crippen molar-refractivity contribution < 1.29 is 14.9 Å². The van der Waals surface area contributed by atoms with E-state index in [1.165, 1.54) is 31.3 Å². The first kappa shape index (κ1) is 23.1. The van der Waals surface area contributed by atoms with Gasteiger partial charge in [0.25, 0.3) is 0 Å². The highest BCUT2D eigenvalue weighted by Crippen LogP contribution is 2.36. The van der Waals surface area contributed by atoms with Crippen molar-refractivity contribution in [3.05, 3.63) is 95.6 Å². The molecule has 3 aromatic carbocycles. The minimum Gasteiger partial charge on any atom is -0.508 e. The number of ether oxygens (including phenoxy) is 1. The summed E-state index contributed by atoms with van der Waals surface area (Å²) in [4.78, 5) is 0. The van der Waals surface area contributed by atoms with E-state index in [0.717, 1.165) is 53.4 Å². The summed E-state index contributed by atoms with van der Waals surface area (Å²) in [5, 5.41) is 19.4. The van der Waals surface area contributed by atoms with E-state index >= 15 is 0 Å². The summed E-state index contributed by atoms with van der Waals surface area (Å²) in [6.45, 7) is 0.920. The Morgan fingerprint density at radius 1 is 0.788 bits per heavy atom. The van der Waals surface area contributed by atoms with Crippen molar-refractivity contribution in [2.45, 2.75) is 44.9 Å². The number of phenolic OH excluding ortho intramolecular Hbond substituents is 1. The lowest BCUT2D eigenvalue weighted by atomic mass is 9.87. The summed E-state index contributed by atoms with van der Waals surface area (Å²) < 4.78 is 6.05. The number of phenols is 1. The van der Waals surface area contributed by atoms with Crippen molar-refractivity contribution in [2.75, 3.05) is 13.2 Å². The molecule has 172 valence electrons. The Bertz CT molecular complexity index is 1010. The van der Waals surface area contributed by atoms with E-state index in [4.69, 9.17) is 4.74 Å². The predicted molar refractivity (Wildman–Crippen MR) is 135 cm³/mol. The van der Waals surface area contributed by atoms with E-state index in [9.17, 15) is 10.2 Å². The molecule has 1 fully saturated rings. The molecular formula is C30H34O3. The molecule has 0 amide bonds. The minimum atomic E-state index is 0.146. The molecule has 1 aliphatic rings. The van der Waals surface area contributed by atoms with Gasteiger partial charge < -0.3 is 14.9 Å². The first-order valence-corrected chi connectivity index (χ1v) is 12.2. The largest absolute Gasteiger partial charge is 0.508 e. The summed E-state index contributed by atoms with van der Waals surface area (Å²) in [5.41, 5.74) is 5.59. The van der Waals surface area contributed by atoms with Crippen molar-refractivity contribution in [2.24, 2.45) is 5.92 Å². The van der Waals surface area contributed by atoms with Crippen LogP contribution in [0.2, 0.25) is 0 Å². The van der Waals surface area contributed by atoms with Gasteiger partial charge in [-0.1, -0.05) is 80.3 Å². The molecule has 33 heavy (non-hydrogen) atoms. The van der Waals surface area contributed by atoms with E-state index in [1.807, 2.05) is 30.3 Å². The molecule has 0 atom stereocenters. The molecule has 2 N–H and O–H groups in total. The van der Waals surface area contributed by atoms with Gasteiger partial charge in [-0.15, -0.1) is 0 Å². The van der Waals surface area contributed by atoms with Gasteiger partial charge in [-0.2, -0.15) is 0 Å². The fourth-order valence-corrected chi connectivity index (χ4v) is 4.81. The van der Waals surface area contributed by atoms with Crippen molar-refractivity contribution >= 4 is 11.1 Å². The third-order valence-corrected chi connectivity index (χ3v) is 6.58. The van der Waals surface area contributed by atoms with Gasteiger partial charge in [0, 0.05) is 6.61 Å². The zero-order valence-corrected chi connectivity index (χ0v) is 19.2. The summed E-state index contributed by atoms with van der Waals surface area (Å²) in [7, 11) is 0. The van der Waals surface area contributed by atoms with Gasteiger partial charge in [-0.25, -0.2) is 0 Å². The van der Waals surface area contributed by atoms with Crippen LogP contribution in [0.15, 0.2) is 78.9 Å². The molecule has 0 saturated heterocycles. The zero-order chi connectivity index (χ0) is 22.9. The number of aliphatic hydroxyl groups is 1. The maximum atomic E-state index is 9.84. The van der Waals surface area contributed by atoms with Gasteiger partial charge >= 0.3 is 0 Å². The van der Waals surface area contributed by atoms with E-state index < -0.39 is 0 Å². The Hall–Kier alpha value is -3.04. The van der Waals surface area contributed by atoms with Gasteiger partial charge in [-0.05, 0) is 77.3 Å². The standard InChI is InChI=1S/C30H34O3/c31-21-6-11-29(24-9-2-1-3-10-24)30(25-12-16-27(32)17-13-25)26-14-18-28(19-15-26)33-22-20-23-7-4-5-8-23/h1-3,9-10,12-19,23,31-32H,4-8,11,20-22H2/b30-29-. The zero-order valence-electron chi connectivity index (χ0n) is 19.2. The van der Waals surface area contributed by atoms with Crippen molar-refractivity contribution in [3.8, 4) is 11.5 Å². The lowest BCUT2D eigenvalue weighted by Crippen LogP contribution is -2.04. The third-order valence-electron chi connectivity index (χ3n) is 6.58. The summed E-state index contributed by atoms with van der Waals surface area (Å²) in [6, 6.07) is 26.1. The topological polar surface area (TPSA) is 49.7 Å². The van der Waals surface area contributed by atoms with Crippen LogP contribution in [0, 0.1) is 5.92 Å². The van der Waals surface area contributed by atoms with E-state index in [-0.39, 0.29) is 12.4 Å². The average molecular weight is 443 g/mol. The van der Waals surface area contributed by atoms with E-state index in [0.29, 0.717) is 6.42 Å². The highest BCUT2D eigenvalue weighted by atomic mass is 16.5. The van der Waals surface area contributed by atoms with Crippen LogP contribution in [0.1, 0.15) is 61.6 Å². The Balaban J connectivity index is 1.65. The number of aliphatic hydroxyl groups excluding tert-OH is 1. The monoisotopic (exact) mass is 442 g/mol. The molecule has 0 unspecified atom stereocenters. The van der Waals surface area contributed by atoms with Crippen LogP contribution in [-0.4, -0.2) is 23.4 Å². The predicted octanol–water partition coefficient (Wildman–Crippen LogP) is 7.08. The molecule has 3 nitrogen and oxygen atoms in total. The van der Waals surface area contributed by atoms with Crippen LogP contribution in [0.3, 0.4) is 0 Å². The SMILES string of the molecule is OCCC/C(=C(\c1ccc(O)cc1)c1ccc(OCCC2CCCC2)cc1)c1ccccc1. The lowest BCUT2D eigenvalue weighted by molar-refractivity contribution is 0.279. The van der Waals surface area contributed by atoms with Gasteiger partial charge in [0.1, 0.15) is 11.5 Å². The van der Waals surface area contributed by atoms with Crippen molar-refractivity contribution in [1.29, 1.82) is 0 Å². The lowest BCUT2D eigenvalue weighted by Gasteiger charge is -2.18. The van der Waals surface area contributed by atoms with Crippen molar-refractivity contribution in [3.63, 3.8) is 0 Å². The summed E-state index contributed by atoms with van der Waals surface area (Å²) >= 11 is 0. The molecule has 3 heteroatoms. The molecule has 3 aromatic rings. The fourth-order valence-electron chi connectivity index (χ4n) is 4.81. The minimum absolute atomic E-state index is 0.146. The van der Waals surface area contributed by atoms with Gasteiger partial charge in [-0.3, -0.25) is 0 Å². The first-order chi connectivity index (χ1) is 16.2. The normalized spacial score (nSPS) is 14.8. The number of hydrogen-bond acceptors (Lipinski definition) is 3. The van der Waals surface area contributed by atoms with E-state index in [2.05, 4.69) is 36.4 Å². The van der Waals surface area contributed by atoms with Crippen LogP contribution in [0.5, 0.6) is 11.5 Å². The number of aromatic hydroxyl groups is 1. The summed E-state index contributed by atoms with van der Waals surface area (Å²) in [6.07, 6.45) is 8.01. The molecule has 4 rings (SSSR count). The Morgan fingerprint density at radius 3 is 2.06 bits per heavy atom. The van der Waals surface area contributed by atoms with Gasteiger partial charge in [0.15, 0.2) is 0 Å². The van der Waals surface area contributed by atoms with E-state index in [1.54, 1.807) is 12.1 Å². The molecule has 0 spiro atoms. The van der Waals surface area contributed by atoms with Crippen molar-refractivity contribution in [1.82, 2.24) is 0 Å². The Labute approximate surface area is 197 Å². The van der Waals surface area contributed by atoms with Crippen LogP contribution >= 0.6 is 0 Å². The van der Waals surface area contributed by atoms with Crippen LogP contribution in [-0.2, 0) is 0 Å². The molecule has 1 saturated carbocycles. The molecular weight excluding hydrogens is 408 g/mol. The first-order valence-electron chi connectivity index (χ1n) is 12.2. The number of rotatable bonds is 10. The maximum Gasteiger partial charge on any atom is 0.119 e. The molecule has 0 radical (unpaired) electrons. The number of allylic oxidation sites excluding steroid dienone is 1. The van der Waals surface area contributed by atoms with Crippen LogP contribution in [0.4, 0.5) is 0 Å².